The van der Waals surface area contributed by atoms with Gasteiger partial charge in [0.1, 0.15) is 0 Å². The highest BCUT2D eigenvalue weighted by Gasteiger charge is 2.21. The molecule has 82 valence electrons. The summed E-state index contributed by atoms with van der Waals surface area (Å²) >= 11 is 0. The van der Waals surface area contributed by atoms with Gasteiger partial charge >= 0.3 is 0 Å². The van der Waals surface area contributed by atoms with E-state index < -0.39 is 0 Å². The molecule has 0 aromatic heterocycles. The highest BCUT2D eigenvalue weighted by molar-refractivity contribution is 5.96. The van der Waals surface area contributed by atoms with Crippen LogP contribution in [0.2, 0.25) is 0 Å². The van der Waals surface area contributed by atoms with E-state index >= 15 is 0 Å². The molecule has 0 fully saturated rings. The molecule has 0 spiro atoms. The topological polar surface area (TPSA) is 20.3 Å². The summed E-state index contributed by atoms with van der Waals surface area (Å²) in [6.07, 6.45) is 1.54. The lowest BCUT2D eigenvalue weighted by Crippen LogP contribution is -2.31. The van der Waals surface area contributed by atoms with Crippen molar-refractivity contribution < 1.29 is 4.79 Å². The van der Waals surface area contributed by atoms with Gasteiger partial charge in [-0.15, -0.1) is 0 Å². The fraction of sp³-hybridized carbons (Fsp3) is 0.462. The fourth-order valence-corrected chi connectivity index (χ4v) is 1.86. The Morgan fingerprint density at radius 2 is 1.87 bits per heavy atom. The van der Waals surface area contributed by atoms with Gasteiger partial charge in [0, 0.05) is 19.2 Å². The molecule has 1 aromatic rings. The zero-order chi connectivity index (χ0) is 11.4. The summed E-state index contributed by atoms with van der Waals surface area (Å²) in [6, 6.07) is 6.12. The number of hydrogen-bond acceptors (Lipinski definition) is 1. The van der Waals surface area contributed by atoms with Gasteiger partial charge in [0.2, 0.25) is 5.91 Å². The predicted octanol–water partition coefficient (Wildman–Crippen LogP) is 2.93. The maximum Gasteiger partial charge on any atom is 0.227 e. The zero-order valence-electron chi connectivity index (χ0n) is 10.0. The molecule has 2 heteroatoms. The van der Waals surface area contributed by atoms with Crippen LogP contribution in [0.25, 0.3) is 0 Å². The second kappa shape index (κ2) is 4.96. The van der Waals surface area contributed by atoms with Gasteiger partial charge in [0.05, 0.1) is 0 Å². The van der Waals surface area contributed by atoms with Crippen LogP contribution in [0.4, 0.5) is 5.69 Å². The number of aryl methyl sites for hydroxylation is 1. The summed E-state index contributed by atoms with van der Waals surface area (Å²) in [4.78, 5) is 13.1. The van der Waals surface area contributed by atoms with Crippen molar-refractivity contribution in [1.29, 1.82) is 0 Å². The van der Waals surface area contributed by atoms with E-state index in [2.05, 4.69) is 13.0 Å². The first-order chi connectivity index (χ1) is 7.20. The summed E-state index contributed by atoms with van der Waals surface area (Å²) in [5, 5.41) is 0. The molecule has 1 aromatic carbocycles. The highest BCUT2D eigenvalue weighted by Crippen LogP contribution is 2.28. The van der Waals surface area contributed by atoms with E-state index in [1.165, 1.54) is 11.1 Å². The number of carbonyl (C=O) groups is 1. The van der Waals surface area contributed by atoms with Crippen LogP contribution in [0.1, 0.15) is 31.4 Å². The maximum atomic E-state index is 11.4. The van der Waals surface area contributed by atoms with Crippen LogP contribution in [0, 0.1) is 6.92 Å². The molecule has 2 rings (SSSR count). The molecule has 15 heavy (non-hydrogen) atoms. The van der Waals surface area contributed by atoms with Crippen LogP contribution in [0.3, 0.4) is 0 Å². The lowest BCUT2D eigenvalue weighted by Gasteiger charge is -2.26. The van der Waals surface area contributed by atoms with Gasteiger partial charge in [-0.3, -0.25) is 4.79 Å². The van der Waals surface area contributed by atoms with Crippen molar-refractivity contribution in [2.45, 2.75) is 33.6 Å². The Labute approximate surface area is 91.9 Å². The predicted molar refractivity (Wildman–Crippen MR) is 64.3 cm³/mol. The Balaban J connectivity index is 0.000000531. The Bertz CT molecular complexity index is 358. The third-order valence-electron chi connectivity index (χ3n) is 2.71. The number of hydrogen-bond donors (Lipinski definition) is 0. The molecule has 1 heterocycles. The average Bonchev–Trinajstić information content (AvgIpc) is 2.27. The minimum absolute atomic E-state index is 0.220. The van der Waals surface area contributed by atoms with Gasteiger partial charge in [0.15, 0.2) is 0 Å². The van der Waals surface area contributed by atoms with E-state index in [9.17, 15) is 4.79 Å². The fourth-order valence-electron chi connectivity index (χ4n) is 1.86. The summed E-state index contributed by atoms with van der Waals surface area (Å²) in [5.74, 6) is 0.220. The van der Waals surface area contributed by atoms with E-state index in [0.717, 1.165) is 12.1 Å². The van der Waals surface area contributed by atoms with E-state index in [4.69, 9.17) is 0 Å². The molecule has 1 aliphatic heterocycles. The molecule has 0 radical (unpaired) electrons. The minimum Gasteiger partial charge on any atom is -0.315 e. The summed E-state index contributed by atoms with van der Waals surface area (Å²) in [5.41, 5.74) is 3.69. The van der Waals surface area contributed by atoms with Crippen LogP contribution in [0.5, 0.6) is 0 Å². The quantitative estimate of drug-likeness (QED) is 0.637. The zero-order valence-corrected chi connectivity index (χ0v) is 10.0. The Hall–Kier alpha value is -1.31. The van der Waals surface area contributed by atoms with Gasteiger partial charge in [-0.2, -0.15) is 0 Å². The third-order valence-corrected chi connectivity index (χ3v) is 2.71. The van der Waals surface area contributed by atoms with Crippen molar-refractivity contribution in [1.82, 2.24) is 0 Å². The van der Waals surface area contributed by atoms with Gasteiger partial charge in [0.25, 0.3) is 0 Å². The standard InChI is InChI=1S/C11H13NO.C2H6/c1-8-4-3-5-10-9(8)6-7-11(13)12(10)2;1-2/h3-5H,6-7H2,1-2H3;1-2H3. The van der Waals surface area contributed by atoms with Crippen LogP contribution in [0.15, 0.2) is 18.2 Å². The van der Waals surface area contributed by atoms with Crippen molar-refractivity contribution in [3.05, 3.63) is 29.3 Å². The molecule has 0 N–H and O–H groups in total. The first kappa shape index (κ1) is 11.8. The number of nitrogens with zero attached hydrogens (tertiary/aromatic N) is 1. The molecule has 0 aliphatic carbocycles. The van der Waals surface area contributed by atoms with Crippen molar-refractivity contribution in [3.63, 3.8) is 0 Å². The first-order valence-corrected chi connectivity index (χ1v) is 5.55. The van der Waals surface area contributed by atoms with Crippen molar-refractivity contribution in [2.24, 2.45) is 0 Å². The summed E-state index contributed by atoms with van der Waals surface area (Å²) in [6.45, 7) is 6.10. The largest absolute Gasteiger partial charge is 0.315 e. The van der Waals surface area contributed by atoms with Gasteiger partial charge in [-0.25, -0.2) is 0 Å². The van der Waals surface area contributed by atoms with E-state index in [1.54, 1.807) is 4.90 Å². The average molecular weight is 205 g/mol. The smallest absolute Gasteiger partial charge is 0.227 e. The lowest BCUT2D eigenvalue weighted by molar-refractivity contribution is -0.118. The van der Waals surface area contributed by atoms with Crippen molar-refractivity contribution in [3.8, 4) is 0 Å². The second-order valence-electron chi connectivity index (χ2n) is 3.53. The molecule has 0 saturated heterocycles. The Morgan fingerprint density at radius 3 is 2.53 bits per heavy atom. The van der Waals surface area contributed by atoms with Crippen molar-refractivity contribution >= 4 is 11.6 Å². The first-order valence-electron chi connectivity index (χ1n) is 5.55. The Kier molecular flexibility index (Phi) is 3.89. The van der Waals surface area contributed by atoms with Crippen LogP contribution >= 0.6 is 0 Å². The molecular formula is C13H19NO. The van der Waals surface area contributed by atoms with Crippen LogP contribution in [-0.2, 0) is 11.2 Å². The Morgan fingerprint density at radius 1 is 1.20 bits per heavy atom. The molecule has 1 aliphatic rings. The number of rotatable bonds is 0. The van der Waals surface area contributed by atoms with E-state index in [0.29, 0.717) is 6.42 Å². The van der Waals surface area contributed by atoms with E-state index in [-0.39, 0.29) is 5.91 Å². The monoisotopic (exact) mass is 205 g/mol. The summed E-state index contributed by atoms with van der Waals surface area (Å²) < 4.78 is 0. The second-order valence-corrected chi connectivity index (χ2v) is 3.53. The number of carbonyl (C=O) groups excluding carboxylic acids is 1. The SMILES string of the molecule is CC.Cc1cccc2c1CCC(=O)N2C. The number of anilines is 1. The van der Waals surface area contributed by atoms with E-state index in [1.807, 2.05) is 33.0 Å². The highest BCUT2D eigenvalue weighted by atomic mass is 16.2. The number of benzene rings is 1. The molecule has 0 saturated carbocycles. The molecular weight excluding hydrogens is 186 g/mol. The molecule has 1 amide bonds. The van der Waals surface area contributed by atoms with Crippen LogP contribution in [-0.4, -0.2) is 13.0 Å². The van der Waals surface area contributed by atoms with Gasteiger partial charge < -0.3 is 4.90 Å². The molecule has 0 atom stereocenters. The maximum absolute atomic E-state index is 11.4. The molecule has 2 nitrogen and oxygen atoms in total. The van der Waals surface area contributed by atoms with Gasteiger partial charge in [-0.05, 0) is 30.5 Å². The van der Waals surface area contributed by atoms with Crippen molar-refractivity contribution in [2.75, 3.05) is 11.9 Å². The summed E-state index contributed by atoms with van der Waals surface area (Å²) in [7, 11) is 1.85. The van der Waals surface area contributed by atoms with Crippen LogP contribution < -0.4 is 4.90 Å². The van der Waals surface area contributed by atoms with Gasteiger partial charge in [-0.1, -0.05) is 26.0 Å². The molecule has 0 bridgehead atoms. The molecule has 0 unspecified atom stereocenters. The normalized spacial score (nSPS) is 14.1. The lowest BCUT2D eigenvalue weighted by atomic mass is 9.97. The third kappa shape index (κ3) is 2.20. The number of amides is 1. The minimum atomic E-state index is 0.220. The number of fused-ring (bicyclic) bond motifs is 1.